The molecule has 0 bridgehead atoms. The Labute approximate surface area is 148 Å². The van der Waals surface area contributed by atoms with Gasteiger partial charge in [-0.2, -0.15) is 0 Å². The second kappa shape index (κ2) is 6.55. The van der Waals surface area contributed by atoms with Crippen LogP contribution in [0.3, 0.4) is 0 Å². The highest BCUT2D eigenvalue weighted by Gasteiger charge is 2.31. The maximum atomic E-state index is 11.6. The predicted octanol–water partition coefficient (Wildman–Crippen LogP) is 4.34. The van der Waals surface area contributed by atoms with Gasteiger partial charge in [0, 0.05) is 16.3 Å². The zero-order chi connectivity index (χ0) is 16.5. The molecule has 0 fully saturated rings. The number of esters is 1. The molecule has 1 atom stereocenters. The highest BCUT2D eigenvalue weighted by Crippen LogP contribution is 2.40. The third kappa shape index (κ3) is 2.81. The van der Waals surface area contributed by atoms with E-state index >= 15 is 0 Å². The van der Waals surface area contributed by atoms with Gasteiger partial charge in [0.25, 0.3) is 0 Å². The van der Waals surface area contributed by atoms with Crippen molar-refractivity contribution in [3.05, 3.63) is 67.9 Å². The van der Waals surface area contributed by atoms with Crippen LogP contribution in [0.25, 0.3) is 0 Å². The maximum absolute atomic E-state index is 11.6. The molecule has 1 unspecified atom stereocenters. The second-order valence-corrected chi connectivity index (χ2v) is 7.68. The minimum atomic E-state index is -0.435. The fraction of sp³-hybridized carbons (Fsp3) is 0.278. The van der Waals surface area contributed by atoms with Crippen molar-refractivity contribution < 1.29 is 13.9 Å². The Hall–Kier alpha value is -1.89. The van der Waals surface area contributed by atoms with E-state index in [4.69, 9.17) is 9.15 Å². The van der Waals surface area contributed by atoms with Crippen LogP contribution in [0.5, 0.6) is 0 Å². The Balaban J connectivity index is 1.62. The fourth-order valence-corrected chi connectivity index (χ4v) is 4.97. The van der Waals surface area contributed by atoms with E-state index in [1.165, 1.54) is 22.4 Å². The van der Waals surface area contributed by atoms with Crippen molar-refractivity contribution in [1.29, 1.82) is 0 Å². The summed E-state index contributed by atoms with van der Waals surface area (Å²) in [6.45, 7) is 1.65. The molecule has 0 amide bonds. The molecule has 1 aliphatic rings. The number of nitrogens with zero attached hydrogens (tertiary/aromatic N) is 1. The van der Waals surface area contributed by atoms with Gasteiger partial charge in [0.05, 0.1) is 19.7 Å². The van der Waals surface area contributed by atoms with Crippen LogP contribution in [0.1, 0.15) is 37.7 Å². The van der Waals surface area contributed by atoms with Crippen LogP contribution in [0, 0.1) is 0 Å². The predicted molar refractivity (Wildman–Crippen MR) is 94.6 cm³/mol. The average Bonchev–Trinajstić information content (AvgIpc) is 3.35. The SMILES string of the molecule is COC(=O)c1ccc(CN2CCc3sccc3C2c2cccs2)o1. The molecular formula is C18H17NO3S2. The zero-order valence-corrected chi connectivity index (χ0v) is 14.9. The molecule has 0 aromatic carbocycles. The van der Waals surface area contributed by atoms with E-state index in [9.17, 15) is 4.79 Å². The van der Waals surface area contributed by atoms with Crippen molar-refractivity contribution in [2.45, 2.75) is 19.0 Å². The van der Waals surface area contributed by atoms with Gasteiger partial charge >= 0.3 is 5.97 Å². The van der Waals surface area contributed by atoms with Crippen molar-refractivity contribution in [3.63, 3.8) is 0 Å². The van der Waals surface area contributed by atoms with Crippen molar-refractivity contribution in [3.8, 4) is 0 Å². The molecule has 0 spiro atoms. The lowest BCUT2D eigenvalue weighted by atomic mass is 9.98. The third-order valence-electron chi connectivity index (χ3n) is 4.29. The summed E-state index contributed by atoms with van der Waals surface area (Å²) >= 11 is 3.62. The summed E-state index contributed by atoms with van der Waals surface area (Å²) in [5, 5.41) is 4.30. The molecule has 6 heteroatoms. The van der Waals surface area contributed by atoms with Gasteiger partial charge < -0.3 is 9.15 Å². The molecule has 4 nitrogen and oxygen atoms in total. The van der Waals surface area contributed by atoms with Crippen molar-refractivity contribution in [2.24, 2.45) is 0 Å². The number of hydrogen-bond acceptors (Lipinski definition) is 6. The van der Waals surface area contributed by atoms with Crippen molar-refractivity contribution >= 4 is 28.6 Å². The lowest BCUT2D eigenvalue weighted by Gasteiger charge is -2.34. The Morgan fingerprint density at radius 1 is 1.29 bits per heavy atom. The first kappa shape index (κ1) is 15.6. The Morgan fingerprint density at radius 3 is 3.00 bits per heavy atom. The van der Waals surface area contributed by atoms with Crippen LogP contribution in [0.15, 0.2) is 45.5 Å². The molecule has 0 aliphatic carbocycles. The minimum absolute atomic E-state index is 0.256. The largest absolute Gasteiger partial charge is 0.463 e. The van der Waals surface area contributed by atoms with E-state index in [1.807, 2.05) is 17.4 Å². The first-order chi connectivity index (χ1) is 11.8. The average molecular weight is 359 g/mol. The van der Waals surface area contributed by atoms with Gasteiger partial charge in [-0.1, -0.05) is 6.07 Å². The Kier molecular flexibility index (Phi) is 4.26. The van der Waals surface area contributed by atoms with Crippen LogP contribution < -0.4 is 0 Å². The highest BCUT2D eigenvalue weighted by molar-refractivity contribution is 7.10. The number of methoxy groups -OCH3 is 1. The summed E-state index contributed by atoms with van der Waals surface area (Å²) < 4.78 is 10.4. The van der Waals surface area contributed by atoms with Gasteiger partial charge in [0.1, 0.15) is 5.76 Å². The summed E-state index contributed by atoms with van der Waals surface area (Å²) in [5.41, 5.74) is 1.40. The standard InChI is InChI=1S/C18H17NO3S2/c1-21-18(20)14-5-4-12(22-14)11-19-8-6-15-13(7-10-24-15)17(19)16-3-2-9-23-16/h2-5,7,9-10,17H,6,8,11H2,1H3. The molecule has 4 rings (SSSR count). The Morgan fingerprint density at radius 2 is 2.21 bits per heavy atom. The maximum Gasteiger partial charge on any atom is 0.373 e. The number of thiophene rings is 2. The van der Waals surface area contributed by atoms with Gasteiger partial charge in [-0.05, 0) is 47.0 Å². The molecular weight excluding hydrogens is 342 g/mol. The molecule has 24 heavy (non-hydrogen) atoms. The normalized spacial score (nSPS) is 17.6. The molecule has 3 aromatic rings. The summed E-state index contributed by atoms with van der Waals surface area (Å²) in [7, 11) is 1.36. The van der Waals surface area contributed by atoms with E-state index in [0.29, 0.717) is 6.54 Å². The molecule has 0 saturated heterocycles. The van der Waals surface area contributed by atoms with Crippen LogP contribution in [0.2, 0.25) is 0 Å². The van der Waals surface area contributed by atoms with Gasteiger partial charge in [0.15, 0.2) is 0 Å². The van der Waals surface area contributed by atoms with Crippen molar-refractivity contribution in [1.82, 2.24) is 4.90 Å². The van der Waals surface area contributed by atoms with Crippen LogP contribution in [0.4, 0.5) is 0 Å². The first-order valence-electron chi connectivity index (χ1n) is 7.77. The van der Waals surface area contributed by atoms with Crippen molar-refractivity contribution in [2.75, 3.05) is 13.7 Å². The number of fused-ring (bicyclic) bond motifs is 1. The molecule has 0 N–H and O–H groups in total. The van der Waals surface area contributed by atoms with Crippen LogP contribution >= 0.6 is 22.7 Å². The Bertz CT molecular complexity index is 834. The fourth-order valence-electron chi connectivity index (χ4n) is 3.19. The summed E-state index contributed by atoms with van der Waals surface area (Å²) in [6, 6.07) is 10.3. The number of carbonyl (C=O) groups is 1. The highest BCUT2D eigenvalue weighted by atomic mass is 32.1. The van der Waals surface area contributed by atoms with Gasteiger partial charge in [-0.25, -0.2) is 4.79 Å². The lowest BCUT2D eigenvalue weighted by Crippen LogP contribution is -2.34. The first-order valence-corrected chi connectivity index (χ1v) is 9.53. The summed E-state index contributed by atoms with van der Waals surface area (Å²) in [4.78, 5) is 16.8. The number of rotatable bonds is 4. The van der Waals surface area contributed by atoms with Crippen LogP contribution in [-0.4, -0.2) is 24.5 Å². The van der Waals surface area contributed by atoms with E-state index in [0.717, 1.165) is 18.7 Å². The second-order valence-electron chi connectivity index (χ2n) is 5.70. The molecule has 0 saturated carbocycles. The van der Waals surface area contributed by atoms with E-state index in [1.54, 1.807) is 17.4 Å². The summed E-state index contributed by atoms with van der Waals surface area (Å²) in [6.07, 6.45) is 1.06. The van der Waals surface area contributed by atoms with Gasteiger partial charge in [0.2, 0.25) is 5.76 Å². The molecule has 3 aromatic heterocycles. The number of carbonyl (C=O) groups excluding carboxylic acids is 1. The topological polar surface area (TPSA) is 42.7 Å². The van der Waals surface area contributed by atoms with E-state index in [2.05, 4.69) is 33.9 Å². The summed E-state index contributed by atoms with van der Waals surface area (Å²) in [5.74, 6) is 0.610. The minimum Gasteiger partial charge on any atom is -0.463 e. The van der Waals surface area contributed by atoms with Crippen LogP contribution in [-0.2, 0) is 17.7 Å². The number of furan rings is 1. The lowest BCUT2D eigenvalue weighted by molar-refractivity contribution is 0.0560. The quantitative estimate of drug-likeness (QED) is 0.650. The zero-order valence-electron chi connectivity index (χ0n) is 13.2. The third-order valence-corrected chi connectivity index (χ3v) is 6.21. The molecule has 124 valence electrons. The molecule has 1 aliphatic heterocycles. The van der Waals surface area contributed by atoms with E-state index in [-0.39, 0.29) is 11.8 Å². The van der Waals surface area contributed by atoms with Gasteiger partial charge in [-0.3, -0.25) is 4.90 Å². The van der Waals surface area contributed by atoms with Gasteiger partial charge in [-0.15, -0.1) is 22.7 Å². The molecule has 4 heterocycles. The van der Waals surface area contributed by atoms with E-state index < -0.39 is 5.97 Å². The number of hydrogen-bond donors (Lipinski definition) is 0. The smallest absolute Gasteiger partial charge is 0.373 e. The molecule has 0 radical (unpaired) electrons. The monoisotopic (exact) mass is 359 g/mol. The number of ether oxygens (including phenoxy) is 1.